The molecular formula is C30H52O. The summed E-state index contributed by atoms with van der Waals surface area (Å²) in [5.74, 6) is 5.53. The Hall–Kier alpha value is -0.300. The van der Waals surface area contributed by atoms with Crippen LogP contribution in [-0.4, -0.2) is 11.2 Å². The van der Waals surface area contributed by atoms with Gasteiger partial charge in [-0.3, -0.25) is 0 Å². The molecule has 0 radical (unpaired) electrons. The molecular weight excluding hydrogens is 376 g/mol. The van der Waals surface area contributed by atoms with E-state index in [1.54, 1.807) is 0 Å². The summed E-state index contributed by atoms with van der Waals surface area (Å²) in [6.07, 6.45) is 14.7. The van der Waals surface area contributed by atoms with Crippen LogP contribution in [-0.2, 0) is 0 Å². The molecule has 0 aliphatic heterocycles. The monoisotopic (exact) mass is 428 g/mol. The van der Waals surface area contributed by atoms with Crippen molar-refractivity contribution in [3.8, 4) is 0 Å². The number of aliphatic hydroxyl groups is 1. The molecule has 1 nitrogen and oxygen atoms in total. The van der Waals surface area contributed by atoms with Gasteiger partial charge in [-0.25, -0.2) is 0 Å². The van der Waals surface area contributed by atoms with Crippen molar-refractivity contribution in [1.29, 1.82) is 0 Å². The van der Waals surface area contributed by atoms with Crippen molar-refractivity contribution >= 4 is 0 Å². The largest absolute Gasteiger partial charge is 0.393 e. The van der Waals surface area contributed by atoms with Crippen LogP contribution in [0.3, 0.4) is 0 Å². The maximum absolute atomic E-state index is 10.5. The molecule has 1 heteroatoms. The Kier molecular flexibility index (Phi) is 6.78. The standard InChI is InChI=1S/C30H52O/c1-8-22(19(2)3)10-9-20(4)24-13-14-26-23-11-12-25-21(5)28(31)16-18-30(25,7)27(23)15-17-29(24,26)6/h19-22,24-25,27-28,31H,8-18H2,1-7H3/t20-,21+,22+,24-,25+,27+,28+,29-,30+/m1/s1. The fourth-order valence-corrected chi connectivity index (χ4v) is 9.58. The number of aliphatic hydroxyl groups excluding tert-OH is 1. The van der Waals surface area contributed by atoms with Crippen LogP contribution in [0.25, 0.3) is 0 Å². The van der Waals surface area contributed by atoms with Crippen molar-refractivity contribution in [1.82, 2.24) is 0 Å². The average molecular weight is 429 g/mol. The number of hydrogen-bond donors (Lipinski definition) is 1. The molecule has 0 saturated heterocycles. The lowest BCUT2D eigenvalue weighted by Crippen LogP contribution is -2.51. The summed E-state index contributed by atoms with van der Waals surface area (Å²) in [5.41, 5.74) is 4.76. The molecule has 0 aromatic carbocycles. The first-order chi connectivity index (χ1) is 14.6. The number of fused-ring (bicyclic) bond motifs is 4. The van der Waals surface area contributed by atoms with E-state index in [2.05, 4.69) is 48.5 Å². The van der Waals surface area contributed by atoms with E-state index in [0.717, 1.165) is 41.9 Å². The van der Waals surface area contributed by atoms with Crippen molar-refractivity contribution in [3.63, 3.8) is 0 Å². The third kappa shape index (κ3) is 3.87. The Labute approximate surface area is 193 Å². The smallest absolute Gasteiger partial charge is 0.0568 e. The van der Waals surface area contributed by atoms with Gasteiger partial charge < -0.3 is 5.11 Å². The molecule has 31 heavy (non-hydrogen) atoms. The first-order valence-electron chi connectivity index (χ1n) is 14.0. The van der Waals surface area contributed by atoms with E-state index in [0.29, 0.717) is 16.7 Å². The second kappa shape index (κ2) is 8.81. The quantitative estimate of drug-likeness (QED) is 0.421. The van der Waals surface area contributed by atoms with E-state index in [4.69, 9.17) is 0 Å². The summed E-state index contributed by atoms with van der Waals surface area (Å²) in [7, 11) is 0. The van der Waals surface area contributed by atoms with Crippen LogP contribution in [0, 0.1) is 52.3 Å². The highest BCUT2D eigenvalue weighted by atomic mass is 16.3. The topological polar surface area (TPSA) is 20.2 Å². The molecule has 4 aliphatic rings. The van der Waals surface area contributed by atoms with Crippen LogP contribution in [0.5, 0.6) is 0 Å². The van der Waals surface area contributed by atoms with E-state index < -0.39 is 0 Å². The van der Waals surface area contributed by atoms with Gasteiger partial charge in [0.2, 0.25) is 0 Å². The summed E-state index contributed by atoms with van der Waals surface area (Å²) in [6, 6.07) is 0. The second-order valence-corrected chi connectivity index (χ2v) is 13.2. The lowest BCUT2D eigenvalue weighted by Gasteiger charge is -2.58. The van der Waals surface area contributed by atoms with Gasteiger partial charge in [-0.2, -0.15) is 0 Å². The second-order valence-electron chi connectivity index (χ2n) is 13.2. The van der Waals surface area contributed by atoms with E-state index in [1.807, 2.05) is 11.1 Å². The molecule has 0 aromatic rings. The third-order valence-corrected chi connectivity index (χ3v) is 11.7. The molecule has 4 rings (SSSR count). The van der Waals surface area contributed by atoms with Gasteiger partial charge in [-0.05, 0) is 110 Å². The first kappa shape index (κ1) is 23.8. The van der Waals surface area contributed by atoms with Crippen LogP contribution < -0.4 is 0 Å². The molecule has 0 heterocycles. The molecule has 4 aliphatic carbocycles. The van der Waals surface area contributed by atoms with E-state index in [9.17, 15) is 5.11 Å². The highest BCUT2D eigenvalue weighted by Crippen LogP contribution is 2.66. The van der Waals surface area contributed by atoms with Gasteiger partial charge in [0.05, 0.1) is 6.10 Å². The first-order valence-corrected chi connectivity index (χ1v) is 14.0. The lowest BCUT2D eigenvalue weighted by molar-refractivity contribution is -0.0779. The molecule has 0 amide bonds. The van der Waals surface area contributed by atoms with Gasteiger partial charge in [0.1, 0.15) is 0 Å². The zero-order chi connectivity index (χ0) is 22.6. The summed E-state index contributed by atoms with van der Waals surface area (Å²) in [4.78, 5) is 0. The molecule has 9 atom stereocenters. The lowest BCUT2D eigenvalue weighted by atomic mass is 9.47. The number of allylic oxidation sites excluding steroid dienone is 2. The van der Waals surface area contributed by atoms with E-state index in [-0.39, 0.29) is 6.10 Å². The Morgan fingerprint density at radius 3 is 2.39 bits per heavy atom. The molecule has 3 saturated carbocycles. The number of rotatable bonds is 6. The minimum atomic E-state index is -0.0596. The summed E-state index contributed by atoms with van der Waals surface area (Å²) in [6.45, 7) is 17.4. The minimum absolute atomic E-state index is 0.0596. The summed E-state index contributed by atoms with van der Waals surface area (Å²) >= 11 is 0. The molecule has 0 aromatic heterocycles. The highest BCUT2D eigenvalue weighted by molar-refractivity contribution is 5.35. The van der Waals surface area contributed by atoms with Crippen molar-refractivity contribution in [2.24, 2.45) is 52.3 Å². The molecule has 0 spiro atoms. The van der Waals surface area contributed by atoms with Crippen LogP contribution >= 0.6 is 0 Å². The van der Waals surface area contributed by atoms with Gasteiger partial charge in [0.15, 0.2) is 0 Å². The zero-order valence-corrected chi connectivity index (χ0v) is 21.8. The van der Waals surface area contributed by atoms with Gasteiger partial charge in [-0.15, -0.1) is 0 Å². The normalized spacial score (nSPS) is 44.6. The maximum Gasteiger partial charge on any atom is 0.0568 e. The molecule has 1 N–H and O–H groups in total. The predicted octanol–water partition coefficient (Wildman–Crippen LogP) is 8.41. The summed E-state index contributed by atoms with van der Waals surface area (Å²) in [5, 5.41) is 10.5. The molecule has 0 bridgehead atoms. The Morgan fingerprint density at radius 2 is 1.71 bits per heavy atom. The van der Waals surface area contributed by atoms with Gasteiger partial charge in [-0.1, -0.05) is 72.5 Å². The average Bonchev–Trinajstić information content (AvgIpc) is 3.08. The van der Waals surface area contributed by atoms with Crippen molar-refractivity contribution < 1.29 is 5.11 Å². The third-order valence-electron chi connectivity index (χ3n) is 11.7. The van der Waals surface area contributed by atoms with Gasteiger partial charge in [0, 0.05) is 0 Å². The van der Waals surface area contributed by atoms with Gasteiger partial charge in [0.25, 0.3) is 0 Å². The number of hydrogen-bond acceptors (Lipinski definition) is 1. The fourth-order valence-electron chi connectivity index (χ4n) is 9.58. The Morgan fingerprint density at radius 1 is 0.968 bits per heavy atom. The highest BCUT2D eigenvalue weighted by Gasteiger charge is 2.57. The molecule has 3 fully saturated rings. The van der Waals surface area contributed by atoms with E-state index in [1.165, 1.54) is 64.2 Å². The SMILES string of the molecule is CC[C@@H](CC[C@@H](C)[C@H]1CCC2=C3CC[C@H]4[C@H](C)[C@@H](O)CC[C@]4(C)[C@H]3CC[C@@]21C)C(C)C. The predicted molar refractivity (Wildman–Crippen MR) is 133 cm³/mol. The summed E-state index contributed by atoms with van der Waals surface area (Å²) < 4.78 is 0. The maximum atomic E-state index is 10.5. The minimum Gasteiger partial charge on any atom is -0.393 e. The Balaban J connectivity index is 1.53. The van der Waals surface area contributed by atoms with E-state index >= 15 is 0 Å². The van der Waals surface area contributed by atoms with Crippen LogP contribution in [0.1, 0.15) is 119 Å². The van der Waals surface area contributed by atoms with Crippen LogP contribution in [0.2, 0.25) is 0 Å². The molecule has 0 unspecified atom stereocenters. The fraction of sp³-hybridized carbons (Fsp3) is 0.933. The van der Waals surface area contributed by atoms with Crippen LogP contribution in [0.4, 0.5) is 0 Å². The molecule has 178 valence electrons. The van der Waals surface area contributed by atoms with Crippen LogP contribution in [0.15, 0.2) is 11.1 Å². The zero-order valence-electron chi connectivity index (χ0n) is 21.8. The van der Waals surface area contributed by atoms with Crippen molar-refractivity contribution in [3.05, 3.63) is 11.1 Å². The van der Waals surface area contributed by atoms with Gasteiger partial charge >= 0.3 is 0 Å². The Bertz CT molecular complexity index is 676. The van der Waals surface area contributed by atoms with Crippen molar-refractivity contribution in [2.45, 2.75) is 125 Å². The van der Waals surface area contributed by atoms with Crippen molar-refractivity contribution in [2.75, 3.05) is 0 Å².